The Labute approximate surface area is 147 Å². The molecule has 2 aromatic carbocycles. The highest BCUT2D eigenvalue weighted by Crippen LogP contribution is 2.32. The van der Waals surface area contributed by atoms with Gasteiger partial charge in [-0.25, -0.2) is 18.7 Å². The molecular weight excluding hydrogens is 340 g/mol. The van der Waals surface area contributed by atoms with Crippen LogP contribution in [0.25, 0.3) is 11.1 Å². The third-order valence-corrected chi connectivity index (χ3v) is 3.92. The van der Waals surface area contributed by atoms with Crippen LogP contribution in [0.1, 0.15) is 18.1 Å². The summed E-state index contributed by atoms with van der Waals surface area (Å²) in [4.78, 5) is 13.0. The highest BCUT2D eigenvalue weighted by Gasteiger charge is 2.27. The number of nitrogens with zero attached hydrogens (tertiary/aromatic N) is 3. The topological polar surface area (TPSA) is 56.6 Å². The van der Waals surface area contributed by atoms with Gasteiger partial charge in [-0.1, -0.05) is 29.4 Å². The van der Waals surface area contributed by atoms with Crippen LogP contribution < -0.4 is 4.74 Å². The van der Waals surface area contributed by atoms with Crippen LogP contribution in [-0.2, 0) is 4.84 Å². The number of ether oxygens (including phenoxy) is 1. The highest BCUT2D eigenvalue weighted by atomic mass is 19.1. The summed E-state index contributed by atoms with van der Waals surface area (Å²) in [6.45, 7) is 0. The van der Waals surface area contributed by atoms with Crippen molar-refractivity contribution in [3.8, 4) is 16.9 Å². The van der Waals surface area contributed by atoms with Crippen LogP contribution in [0.4, 0.5) is 8.78 Å². The summed E-state index contributed by atoms with van der Waals surface area (Å²) in [6, 6.07) is 10.7. The molecule has 0 fully saturated rings. The standard InChI is InChI=1S/C19H13F2N3O2/c20-14-3-1-2-12(6-14)13-4-5-16(17(21)7-13)18-8-19(24-26-18)25-15-9-22-11-23-10-15/h1-7,9-11,18H,8H2. The average Bonchev–Trinajstić information content (AvgIpc) is 3.10. The molecule has 1 unspecified atom stereocenters. The Balaban J connectivity index is 1.49. The van der Waals surface area contributed by atoms with Gasteiger partial charge in [-0.2, -0.15) is 0 Å². The Morgan fingerprint density at radius 3 is 2.58 bits per heavy atom. The molecule has 0 N–H and O–H groups in total. The number of rotatable bonds is 3. The molecule has 0 bridgehead atoms. The number of hydrogen-bond acceptors (Lipinski definition) is 5. The first-order valence-electron chi connectivity index (χ1n) is 7.90. The predicted octanol–water partition coefficient (Wildman–Crippen LogP) is 4.28. The molecule has 0 amide bonds. The van der Waals surface area contributed by atoms with Crippen molar-refractivity contribution in [1.82, 2.24) is 9.97 Å². The van der Waals surface area contributed by atoms with Crippen LogP contribution in [0.5, 0.6) is 5.75 Å². The first kappa shape index (κ1) is 16.1. The van der Waals surface area contributed by atoms with Crippen LogP contribution in [0, 0.1) is 11.6 Å². The largest absolute Gasteiger partial charge is 0.436 e. The minimum atomic E-state index is -0.587. The Morgan fingerprint density at radius 2 is 1.81 bits per heavy atom. The second-order valence-corrected chi connectivity index (χ2v) is 5.71. The zero-order valence-corrected chi connectivity index (χ0v) is 13.5. The Hall–Kier alpha value is -3.35. The lowest BCUT2D eigenvalue weighted by molar-refractivity contribution is 0.0828. The van der Waals surface area contributed by atoms with Gasteiger partial charge in [-0.05, 0) is 29.3 Å². The number of hydrogen-bond donors (Lipinski definition) is 0. The smallest absolute Gasteiger partial charge is 0.235 e. The van der Waals surface area contributed by atoms with Crippen molar-refractivity contribution in [2.45, 2.75) is 12.5 Å². The molecule has 7 heteroatoms. The summed E-state index contributed by atoms with van der Waals surface area (Å²) in [5, 5.41) is 3.84. The van der Waals surface area contributed by atoms with Gasteiger partial charge in [-0.15, -0.1) is 0 Å². The van der Waals surface area contributed by atoms with Crippen LogP contribution in [0.15, 0.2) is 66.3 Å². The molecule has 0 saturated heterocycles. The van der Waals surface area contributed by atoms with Gasteiger partial charge in [0.15, 0.2) is 11.9 Å². The van der Waals surface area contributed by atoms with E-state index in [2.05, 4.69) is 15.1 Å². The maximum atomic E-state index is 14.6. The van der Waals surface area contributed by atoms with Gasteiger partial charge in [0.25, 0.3) is 0 Å². The Morgan fingerprint density at radius 1 is 1.00 bits per heavy atom. The fourth-order valence-electron chi connectivity index (χ4n) is 2.69. The number of aromatic nitrogens is 2. The minimum Gasteiger partial charge on any atom is -0.436 e. The van der Waals surface area contributed by atoms with E-state index >= 15 is 0 Å². The summed E-state index contributed by atoms with van der Waals surface area (Å²) in [5.74, 6) is -0.0710. The summed E-state index contributed by atoms with van der Waals surface area (Å²) < 4.78 is 33.4. The molecule has 1 atom stereocenters. The average molecular weight is 353 g/mol. The van der Waals surface area contributed by atoms with Crippen molar-refractivity contribution in [3.63, 3.8) is 0 Å². The molecule has 0 spiro atoms. The van der Waals surface area contributed by atoms with E-state index in [0.717, 1.165) is 0 Å². The van der Waals surface area contributed by atoms with E-state index in [4.69, 9.17) is 9.57 Å². The molecule has 130 valence electrons. The summed E-state index contributed by atoms with van der Waals surface area (Å²) in [6.07, 6.45) is 4.08. The third-order valence-electron chi connectivity index (χ3n) is 3.92. The molecule has 1 aliphatic heterocycles. The SMILES string of the molecule is Fc1cccc(-c2ccc(C3CC(Oc4cncnc4)=NO3)c(F)c2)c1. The van der Waals surface area contributed by atoms with Crippen molar-refractivity contribution >= 4 is 5.90 Å². The van der Waals surface area contributed by atoms with Gasteiger partial charge < -0.3 is 9.57 Å². The minimum absolute atomic E-state index is 0.283. The molecule has 1 aromatic heterocycles. The molecule has 3 aromatic rings. The fourth-order valence-corrected chi connectivity index (χ4v) is 2.69. The molecule has 0 aliphatic carbocycles. The monoisotopic (exact) mass is 353 g/mol. The van der Waals surface area contributed by atoms with Crippen LogP contribution in [-0.4, -0.2) is 15.9 Å². The van der Waals surface area contributed by atoms with E-state index in [0.29, 0.717) is 28.3 Å². The summed E-state index contributed by atoms with van der Waals surface area (Å²) in [5.41, 5.74) is 1.55. The zero-order valence-electron chi connectivity index (χ0n) is 13.5. The van der Waals surface area contributed by atoms with E-state index in [1.807, 2.05) is 0 Å². The van der Waals surface area contributed by atoms with Crippen LogP contribution in [0.3, 0.4) is 0 Å². The number of benzene rings is 2. The molecule has 26 heavy (non-hydrogen) atoms. The van der Waals surface area contributed by atoms with Crippen molar-refractivity contribution in [1.29, 1.82) is 0 Å². The first-order chi connectivity index (χ1) is 12.7. The number of halogens is 2. The van der Waals surface area contributed by atoms with Crippen molar-refractivity contribution < 1.29 is 18.4 Å². The van der Waals surface area contributed by atoms with Crippen LogP contribution in [0.2, 0.25) is 0 Å². The maximum Gasteiger partial charge on any atom is 0.235 e. The van der Waals surface area contributed by atoms with Gasteiger partial charge in [-0.3, -0.25) is 0 Å². The van der Waals surface area contributed by atoms with Gasteiger partial charge in [0.2, 0.25) is 5.90 Å². The molecule has 5 nitrogen and oxygen atoms in total. The first-order valence-corrected chi connectivity index (χ1v) is 7.90. The van der Waals surface area contributed by atoms with E-state index in [-0.39, 0.29) is 12.2 Å². The normalized spacial score (nSPS) is 16.1. The van der Waals surface area contributed by atoms with E-state index in [1.54, 1.807) is 24.3 Å². The summed E-state index contributed by atoms with van der Waals surface area (Å²) in [7, 11) is 0. The Kier molecular flexibility index (Phi) is 4.27. The second kappa shape index (κ2) is 6.87. The number of oxime groups is 1. The van der Waals surface area contributed by atoms with Gasteiger partial charge >= 0.3 is 0 Å². The maximum absolute atomic E-state index is 14.6. The van der Waals surface area contributed by atoms with E-state index in [1.165, 1.54) is 36.9 Å². The lowest BCUT2D eigenvalue weighted by Crippen LogP contribution is -2.08. The molecule has 0 radical (unpaired) electrons. The molecule has 4 rings (SSSR count). The van der Waals surface area contributed by atoms with Crippen molar-refractivity contribution in [2.24, 2.45) is 5.16 Å². The van der Waals surface area contributed by atoms with E-state index in [9.17, 15) is 8.78 Å². The van der Waals surface area contributed by atoms with Gasteiger partial charge in [0.1, 0.15) is 18.0 Å². The van der Waals surface area contributed by atoms with Gasteiger partial charge in [0, 0.05) is 5.56 Å². The third kappa shape index (κ3) is 3.37. The molecule has 2 heterocycles. The fraction of sp³-hybridized carbons (Fsp3) is 0.105. The van der Waals surface area contributed by atoms with E-state index < -0.39 is 11.9 Å². The highest BCUT2D eigenvalue weighted by molar-refractivity contribution is 5.79. The summed E-state index contributed by atoms with van der Waals surface area (Å²) >= 11 is 0. The molecular formula is C19H13F2N3O2. The quantitative estimate of drug-likeness (QED) is 0.705. The van der Waals surface area contributed by atoms with Crippen molar-refractivity contribution in [2.75, 3.05) is 0 Å². The van der Waals surface area contributed by atoms with Gasteiger partial charge in [0.05, 0.1) is 18.8 Å². The molecule has 0 saturated carbocycles. The zero-order chi connectivity index (χ0) is 17.9. The Bertz CT molecular complexity index is 964. The predicted molar refractivity (Wildman–Crippen MR) is 90.3 cm³/mol. The lowest BCUT2D eigenvalue weighted by atomic mass is 10.00. The lowest BCUT2D eigenvalue weighted by Gasteiger charge is -2.11. The second-order valence-electron chi connectivity index (χ2n) is 5.71. The van der Waals surface area contributed by atoms with Crippen LogP contribution >= 0.6 is 0 Å². The molecule has 1 aliphatic rings. The van der Waals surface area contributed by atoms with Crippen molar-refractivity contribution in [3.05, 3.63) is 78.4 Å².